The molecule has 0 aliphatic carbocycles. The number of nitrogens with zero attached hydrogens (tertiary/aromatic N) is 5. The van der Waals surface area contributed by atoms with E-state index in [-0.39, 0.29) is 23.0 Å². The van der Waals surface area contributed by atoms with Gasteiger partial charge in [-0.05, 0) is 43.2 Å². The SMILES string of the molecule is O=c1ccc(-c2ccncc2)nn1CC1CCCN1S(=O)(=O)c1cccc2cccnc12. The summed E-state index contributed by atoms with van der Waals surface area (Å²) in [5.74, 6) is 0. The molecule has 1 atom stereocenters. The number of hydrogen-bond donors (Lipinski definition) is 0. The second-order valence-electron chi connectivity index (χ2n) is 7.72. The lowest BCUT2D eigenvalue weighted by Crippen LogP contribution is -2.40. The van der Waals surface area contributed by atoms with Crippen molar-refractivity contribution in [3.63, 3.8) is 0 Å². The molecule has 0 N–H and O–H groups in total. The summed E-state index contributed by atoms with van der Waals surface area (Å²) in [5.41, 5.74) is 1.67. The fraction of sp³-hybridized carbons (Fsp3) is 0.217. The van der Waals surface area contributed by atoms with Gasteiger partial charge in [0.25, 0.3) is 5.56 Å². The van der Waals surface area contributed by atoms with Crippen LogP contribution in [0.15, 0.2) is 82.9 Å². The summed E-state index contributed by atoms with van der Waals surface area (Å²) in [5, 5.41) is 5.26. The topological polar surface area (TPSA) is 98.0 Å². The molecule has 1 fully saturated rings. The normalized spacial score (nSPS) is 17.1. The van der Waals surface area contributed by atoms with Crippen LogP contribution >= 0.6 is 0 Å². The van der Waals surface area contributed by atoms with Crippen LogP contribution in [0.4, 0.5) is 0 Å². The molecule has 8 nitrogen and oxygen atoms in total. The fourth-order valence-corrected chi connectivity index (χ4v) is 6.03. The number of aromatic nitrogens is 4. The van der Waals surface area contributed by atoms with Gasteiger partial charge in [0, 0.05) is 48.2 Å². The highest BCUT2D eigenvalue weighted by atomic mass is 32.2. The Morgan fingerprint density at radius 1 is 0.969 bits per heavy atom. The fourth-order valence-electron chi connectivity index (χ4n) is 4.17. The molecule has 1 unspecified atom stereocenters. The maximum atomic E-state index is 13.6. The Morgan fingerprint density at radius 2 is 1.78 bits per heavy atom. The van der Waals surface area contributed by atoms with Crippen LogP contribution in [0.25, 0.3) is 22.2 Å². The Balaban J connectivity index is 1.49. The van der Waals surface area contributed by atoms with Gasteiger partial charge in [0.05, 0.1) is 17.8 Å². The van der Waals surface area contributed by atoms with Gasteiger partial charge < -0.3 is 0 Å². The van der Waals surface area contributed by atoms with Crippen molar-refractivity contribution in [1.82, 2.24) is 24.1 Å². The third-order valence-electron chi connectivity index (χ3n) is 5.73. The van der Waals surface area contributed by atoms with E-state index in [9.17, 15) is 13.2 Å². The average molecular weight is 448 g/mol. The van der Waals surface area contributed by atoms with Crippen molar-refractivity contribution in [1.29, 1.82) is 0 Å². The van der Waals surface area contributed by atoms with E-state index in [1.807, 2.05) is 24.3 Å². The van der Waals surface area contributed by atoms with Crippen molar-refractivity contribution in [3.8, 4) is 11.3 Å². The number of sulfonamides is 1. The van der Waals surface area contributed by atoms with E-state index >= 15 is 0 Å². The summed E-state index contributed by atoms with van der Waals surface area (Å²) in [7, 11) is -3.79. The minimum absolute atomic E-state index is 0.188. The molecule has 0 radical (unpaired) electrons. The maximum Gasteiger partial charge on any atom is 0.266 e. The molecule has 4 heterocycles. The molecule has 1 aliphatic rings. The van der Waals surface area contributed by atoms with E-state index in [0.29, 0.717) is 24.2 Å². The third-order valence-corrected chi connectivity index (χ3v) is 7.72. The summed E-state index contributed by atoms with van der Waals surface area (Å²) < 4.78 is 30.0. The van der Waals surface area contributed by atoms with Gasteiger partial charge in [-0.15, -0.1) is 0 Å². The van der Waals surface area contributed by atoms with Gasteiger partial charge >= 0.3 is 0 Å². The Morgan fingerprint density at radius 3 is 2.62 bits per heavy atom. The molecule has 0 spiro atoms. The quantitative estimate of drug-likeness (QED) is 0.467. The van der Waals surface area contributed by atoms with Gasteiger partial charge in [0.2, 0.25) is 10.0 Å². The van der Waals surface area contributed by atoms with Crippen molar-refractivity contribution in [2.24, 2.45) is 0 Å². The first-order chi connectivity index (χ1) is 15.5. The van der Waals surface area contributed by atoms with Crippen LogP contribution in [0.3, 0.4) is 0 Å². The predicted molar refractivity (Wildman–Crippen MR) is 120 cm³/mol. The largest absolute Gasteiger partial charge is 0.268 e. The van der Waals surface area contributed by atoms with Crippen LogP contribution in [0, 0.1) is 0 Å². The highest BCUT2D eigenvalue weighted by molar-refractivity contribution is 7.89. The van der Waals surface area contributed by atoms with Crippen molar-refractivity contribution >= 4 is 20.9 Å². The monoisotopic (exact) mass is 447 g/mol. The minimum Gasteiger partial charge on any atom is -0.268 e. The van der Waals surface area contributed by atoms with E-state index in [1.165, 1.54) is 15.1 Å². The summed E-state index contributed by atoms with van der Waals surface area (Å²) in [6.45, 7) is 0.587. The van der Waals surface area contributed by atoms with E-state index in [2.05, 4.69) is 15.1 Å². The molecular formula is C23H21N5O3S. The van der Waals surface area contributed by atoms with Gasteiger partial charge in [-0.25, -0.2) is 13.1 Å². The second-order valence-corrected chi connectivity index (χ2v) is 9.58. The zero-order valence-electron chi connectivity index (χ0n) is 17.2. The summed E-state index contributed by atoms with van der Waals surface area (Å²) in [6.07, 6.45) is 6.30. The minimum atomic E-state index is -3.79. The zero-order valence-corrected chi connectivity index (χ0v) is 18.0. The highest BCUT2D eigenvalue weighted by Gasteiger charge is 2.36. The van der Waals surface area contributed by atoms with E-state index < -0.39 is 10.0 Å². The lowest BCUT2D eigenvalue weighted by Gasteiger charge is -2.24. The highest BCUT2D eigenvalue weighted by Crippen LogP contribution is 2.30. The molecule has 9 heteroatoms. The van der Waals surface area contributed by atoms with Gasteiger partial charge in [0.1, 0.15) is 4.90 Å². The molecule has 1 aromatic carbocycles. The van der Waals surface area contributed by atoms with Crippen LogP contribution in [-0.4, -0.2) is 45.1 Å². The molecule has 1 saturated heterocycles. The van der Waals surface area contributed by atoms with Crippen LogP contribution in [-0.2, 0) is 16.6 Å². The lowest BCUT2D eigenvalue weighted by atomic mass is 10.2. The van der Waals surface area contributed by atoms with Crippen LogP contribution in [0.5, 0.6) is 0 Å². The summed E-state index contributed by atoms with van der Waals surface area (Å²) in [4.78, 5) is 21.0. The molecule has 162 valence electrons. The molecule has 32 heavy (non-hydrogen) atoms. The average Bonchev–Trinajstić information content (AvgIpc) is 3.30. The van der Waals surface area contributed by atoms with Gasteiger partial charge in [-0.3, -0.25) is 14.8 Å². The van der Waals surface area contributed by atoms with Crippen molar-refractivity contribution < 1.29 is 8.42 Å². The Labute approximate surface area is 185 Å². The molecule has 1 aliphatic heterocycles. The number of pyridine rings is 2. The molecule has 3 aromatic heterocycles. The summed E-state index contributed by atoms with van der Waals surface area (Å²) >= 11 is 0. The van der Waals surface area contributed by atoms with Crippen molar-refractivity contribution in [2.75, 3.05) is 6.54 Å². The zero-order chi connectivity index (χ0) is 22.1. The first kappa shape index (κ1) is 20.5. The number of para-hydroxylation sites is 1. The van der Waals surface area contributed by atoms with Crippen LogP contribution in [0.2, 0.25) is 0 Å². The lowest BCUT2D eigenvalue weighted by molar-refractivity contribution is 0.336. The third kappa shape index (κ3) is 3.69. The number of hydrogen-bond acceptors (Lipinski definition) is 6. The van der Waals surface area contributed by atoms with E-state index in [4.69, 9.17) is 0 Å². The van der Waals surface area contributed by atoms with E-state index in [0.717, 1.165) is 17.4 Å². The number of benzene rings is 1. The molecule has 5 rings (SSSR count). The standard InChI is InChI=1S/C23H21N5O3S/c29-22-9-8-20(17-10-13-24-14-11-17)26-27(22)16-19-6-3-15-28(19)32(30,31)21-7-1-4-18-5-2-12-25-23(18)21/h1-2,4-5,7-14,19H,3,6,15-16H2. The first-order valence-corrected chi connectivity index (χ1v) is 11.8. The molecule has 0 saturated carbocycles. The van der Waals surface area contributed by atoms with Crippen LogP contribution < -0.4 is 5.56 Å². The number of fused-ring (bicyclic) bond motifs is 1. The second kappa shape index (κ2) is 8.25. The predicted octanol–water partition coefficient (Wildman–Crippen LogP) is 2.71. The summed E-state index contributed by atoms with van der Waals surface area (Å²) in [6, 6.07) is 15.2. The Kier molecular flexibility index (Phi) is 5.28. The maximum absolute atomic E-state index is 13.6. The first-order valence-electron chi connectivity index (χ1n) is 10.4. The Hall–Kier alpha value is -3.43. The Bertz CT molecular complexity index is 1430. The molecular weight excluding hydrogens is 426 g/mol. The van der Waals surface area contributed by atoms with Crippen molar-refractivity contribution in [2.45, 2.75) is 30.3 Å². The van der Waals surface area contributed by atoms with Gasteiger partial charge in [-0.1, -0.05) is 18.2 Å². The van der Waals surface area contributed by atoms with Gasteiger partial charge in [-0.2, -0.15) is 9.40 Å². The smallest absolute Gasteiger partial charge is 0.266 e. The molecule has 0 amide bonds. The molecule has 4 aromatic rings. The van der Waals surface area contributed by atoms with Crippen molar-refractivity contribution in [3.05, 3.63) is 83.5 Å². The number of rotatable bonds is 5. The molecule has 0 bridgehead atoms. The van der Waals surface area contributed by atoms with Gasteiger partial charge in [0.15, 0.2) is 0 Å². The van der Waals surface area contributed by atoms with Crippen LogP contribution in [0.1, 0.15) is 12.8 Å². The van der Waals surface area contributed by atoms with E-state index in [1.54, 1.807) is 42.9 Å².